The lowest BCUT2D eigenvalue weighted by Gasteiger charge is -2.30. The van der Waals surface area contributed by atoms with Crippen LogP contribution in [0.5, 0.6) is 0 Å². The average molecular weight is 412 g/mol. The minimum Gasteiger partial charge on any atom is -0.466 e. The molecule has 2 N–H and O–H groups in total. The lowest BCUT2D eigenvalue weighted by atomic mass is 9.98. The smallest absolute Gasteiger partial charge is 0.273 e. The number of aryl methyl sites for hydroxylation is 2. The molecule has 0 bridgehead atoms. The summed E-state index contributed by atoms with van der Waals surface area (Å²) in [6.07, 6.45) is 0.798. The SMILES string of the molecule is Cc1cc(C(=O)NNC(=O)C2CCN(S(=O)(=O)c3cccs3)CC2)c(C)o1. The Bertz CT molecular complexity index is 926. The van der Waals surface area contributed by atoms with Crippen molar-refractivity contribution < 1.29 is 22.4 Å². The summed E-state index contributed by atoms with van der Waals surface area (Å²) in [5.41, 5.74) is 5.17. The first-order valence-electron chi connectivity index (χ1n) is 8.50. The van der Waals surface area contributed by atoms with Crippen LogP contribution in [-0.2, 0) is 14.8 Å². The van der Waals surface area contributed by atoms with Gasteiger partial charge in [0.1, 0.15) is 15.7 Å². The number of amides is 2. The van der Waals surface area contributed by atoms with Crippen LogP contribution in [0.25, 0.3) is 0 Å². The number of thiophene rings is 1. The summed E-state index contributed by atoms with van der Waals surface area (Å²) in [4.78, 5) is 24.4. The lowest BCUT2D eigenvalue weighted by Crippen LogP contribution is -2.48. The number of furan rings is 1. The molecular weight excluding hydrogens is 390 g/mol. The Morgan fingerprint density at radius 1 is 1.22 bits per heavy atom. The summed E-state index contributed by atoms with van der Waals surface area (Å²) in [7, 11) is -3.49. The maximum atomic E-state index is 12.5. The molecule has 0 aromatic carbocycles. The largest absolute Gasteiger partial charge is 0.466 e. The van der Waals surface area contributed by atoms with Crippen LogP contribution in [0.4, 0.5) is 0 Å². The van der Waals surface area contributed by atoms with Crippen molar-refractivity contribution in [3.05, 3.63) is 40.7 Å². The molecule has 2 aromatic heterocycles. The van der Waals surface area contributed by atoms with Gasteiger partial charge in [-0.25, -0.2) is 8.42 Å². The fourth-order valence-corrected chi connectivity index (χ4v) is 5.65. The van der Waals surface area contributed by atoms with Crippen molar-refractivity contribution in [1.82, 2.24) is 15.2 Å². The van der Waals surface area contributed by atoms with Crippen LogP contribution < -0.4 is 10.9 Å². The van der Waals surface area contributed by atoms with E-state index in [4.69, 9.17) is 4.42 Å². The van der Waals surface area contributed by atoms with Crippen molar-refractivity contribution in [3.8, 4) is 0 Å². The maximum absolute atomic E-state index is 12.5. The number of sulfonamides is 1. The molecule has 27 heavy (non-hydrogen) atoms. The second kappa shape index (κ2) is 7.83. The van der Waals surface area contributed by atoms with Crippen molar-refractivity contribution in [1.29, 1.82) is 0 Å². The molecule has 0 saturated carbocycles. The van der Waals surface area contributed by atoms with Crippen LogP contribution in [0.15, 0.2) is 32.2 Å². The van der Waals surface area contributed by atoms with Gasteiger partial charge >= 0.3 is 0 Å². The van der Waals surface area contributed by atoms with E-state index in [0.29, 0.717) is 34.1 Å². The van der Waals surface area contributed by atoms with Gasteiger partial charge in [-0.3, -0.25) is 20.4 Å². The predicted octanol–water partition coefficient (Wildman–Crippen LogP) is 1.82. The molecule has 10 heteroatoms. The van der Waals surface area contributed by atoms with E-state index in [2.05, 4.69) is 10.9 Å². The number of carbonyl (C=O) groups is 2. The maximum Gasteiger partial charge on any atom is 0.273 e. The normalized spacial score (nSPS) is 16.2. The van der Waals surface area contributed by atoms with Crippen molar-refractivity contribution in [2.24, 2.45) is 5.92 Å². The molecule has 1 aliphatic heterocycles. The van der Waals surface area contributed by atoms with E-state index in [0.717, 1.165) is 0 Å². The monoisotopic (exact) mass is 411 g/mol. The lowest BCUT2D eigenvalue weighted by molar-refractivity contribution is -0.126. The number of carbonyl (C=O) groups excluding carboxylic acids is 2. The van der Waals surface area contributed by atoms with Gasteiger partial charge in [0.15, 0.2) is 0 Å². The van der Waals surface area contributed by atoms with Gasteiger partial charge in [-0.1, -0.05) is 6.07 Å². The van der Waals surface area contributed by atoms with E-state index >= 15 is 0 Å². The first-order chi connectivity index (χ1) is 12.8. The summed E-state index contributed by atoms with van der Waals surface area (Å²) in [6, 6.07) is 4.88. The van der Waals surface area contributed by atoms with Crippen LogP contribution in [0.2, 0.25) is 0 Å². The predicted molar refractivity (Wildman–Crippen MR) is 99.6 cm³/mol. The van der Waals surface area contributed by atoms with Crippen LogP contribution in [0, 0.1) is 19.8 Å². The van der Waals surface area contributed by atoms with E-state index in [1.807, 2.05) is 0 Å². The van der Waals surface area contributed by atoms with Gasteiger partial charge in [0.2, 0.25) is 5.91 Å². The van der Waals surface area contributed by atoms with Gasteiger partial charge in [-0.15, -0.1) is 11.3 Å². The Kier molecular flexibility index (Phi) is 5.68. The molecule has 0 radical (unpaired) electrons. The van der Waals surface area contributed by atoms with E-state index in [-0.39, 0.29) is 24.9 Å². The minimum absolute atomic E-state index is 0.270. The number of hydrogen-bond donors (Lipinski definition) is 2. The first-order valence-corrected chi connectivity index (χ1v) is 10.8. The molecule has 1 fully saturated rings. The molecule has 2 aromatic rings. The van der Waals surface area contributed by atoms with Gasteiger partial charge in [0.25, 0.3) is 15.9 Å². The summed E-state index contributed by atoms with van der Waals surface area (Å²) < 4.78 is 32.0. The van der Waals surface area contributed by atoms with E-state index in [1.165, 1.54) is 15.6 Å². The molecule has 3 heterocycles. The minimum atomic E-state index is -3.49. The van der Waals surface area contributed by atoms with Crippen molar-refractivity contribution in [3.63, 3.8) is 0 Å². The molecule has 146 valence electrons. The van der Waals surface area contributed by atoms with Gasteiger partial charge in [0.05, 0.1) is 5.56 Å². The molecule has 1 saturated heterocycles. The summed E-state index contributed by atoms with van der Waals surface area (Å²) >= 11 is 1.18. The highest BCUT2D eigenvalue weighted by atomic mass is 32.2. The molecule has 0 aliphatic carbocycles. The number of nitrogens with zero attached hydrogens (tertiary/aromatic N) is 1. The molecule has 1 aliphatic rings. The molecule has 0 atom stereocenters. The fourth-order valence-electron chi connectivity index (χ4n) is 3.04. The van der Waals surface area contributed by atoms with Crippen LogP contribution >= 0.6 is 11.3 Å². The molecular formula is C17H21N3O5S2. The highest BCUT2D eigenvalue weighted by molar-refractivity contribution is 7.91. The Morgan fingerprint density at radius 3 is 2.48 bits per heavy atom. The number of hydrogen-bond acceptors (Lipinski definition) is 6. The van der Waals surface area contributed by atoms with Crippen molar-refractivity contribution >= 4 is 33.2 Å². The van der Waals surface area contributed by atoms with Gasteiger partial charge in [0, 0.05) is 19.0 Å². The first kappa shape index (κ1) is 19.6. The Hall–Kier alpha value is -2.17. The van der Waals surface area contributed by atoms with E-state index in [9.17, 15) is 18.0 Å². The number of rotatable bonds is 4. The topological polar surface area (TPSA) is 109 Å². The molecule has 8 nitrogen and oxygen atoms in total. The van der Waals surface area contributed by atoms with Crippen LogP contribution in [0.1, 0.15) is 34.7 Å². The quantitative estimate of drug-likeness (QED) is 0.746. The molecule has 2 amide bonds. The molecule has 0 spiro atoms. The highest BCUT2D eigenvalue weighted by Crippen LogP contribution is 2.26. The summed E-state index contributed by atoms with van der Waals surface area (Å²) in [5, 5.41) is 1.72. The van der Waals surface area contributed by atoms with Gasteiger partial charge in [-0.05, 0) is 44.2 Å². The standard InChI is InChI=1S/C17H21N3O5S2/c1-11-10-14(12(2)25-11)17(22)19-18-16(21)13-5-7-20(8-6-13)27(23,24)15-4-3-9-26-15/h3-4,9-10,13H,5-8H2,1-2H3,(H,18,21)(H,19,22). The van der Waals surface area contributed by atoms with Crippen LogP contribution in [0.3, 0.4) is 0 Å². The van der Waals surface area contributed by atoms with Gasteiger partial charge in [-0.2, -0.15) is 4.31 Å². The number of nitrogens with one attached hydrogen (secondary N) is 2. The fraction of sp³-hybridized carbons (Fsp3) is 0.412. The summed E-state index contributed by atoms with van der Waals surface area (Å²) in [6.45, 7) is 3.95. The Morgan fingerprint density at radius 2 is 1.93 bits per heavy atom. The van der Waals surface area contributed by atoms with Crippen LogP contribution in [-0.4, -0.2) is 37.6 Å². The third kappa shape index (κ3) is 4.23. The highest BCUT2D eigenvalue weighted by Gasteiger charge is 2.32. The second-order valence-electron chi connectivity index (χ2n) is 6.38. The zero-order valence-corrected chi connectivity index (χ0v) is 16.7. The van der Waals surface area contributed by atoms with Crippen molar-refractivity contribution in [2.45, 2.75) is 30.9 Å². The summed E-state index contributed by atoms with van der Waals surface area (Å²) in [5.74, 6) is -0.0355. The van der Waals surface area contributed by atoms with E-state index in [1.54, 1.807) is 37.4 Å². The molecule has 0 unspecified atom stereocenters. The van der Waals surface area contributed by atoms with Crippen molar-refractivity contribution in [2.75, 3.05) is 13.1 Å². The van der Waals surface area contributed by atoms with E-state index < -0.39 is 15.9 Å². The van der Waals surface area contributed by atoms with Gasteiger partial charge < -0.3 is 4.42 Å². The zero-order chi connectivity index (χ0) is 19.6. The molecule has 3 rings (SSSR count). The zero-order valence-electron chi connectivity index (χ0n) is 15.0. The third-order valence-corrected chi connectivity index (χ3v) is 7.77. The second-order valence-corrected chi connectivity index (χ2v) is 9.49. The number of piperidine rings is 1. The Labute approximate surface area is 161 Å². The third-order valence-electron chi connectivity index (χ3n) is 4.50. The number of hydrazine groups is 1. The Balaban J connectivity index is 1.51. The average Bonchev–Trinajstić information content (AvgIpc) is 3.29.